The highest BCUT2D eigenvalue weighted by Gasteiger charge is 2.46. The molecule has 4 nitrogen and oxygen atoms in total. The predicted octanol–water partition coefficient (Wildman–Crippen LogP) is 3.40. The van der Waals surface area contributed by atoms with Gasteiger partial charge in [-0.1, -0.05) is 18.2 Å². The van der Waals surface area contributed by atoms with E-state index in [4.69, 9.17) is 0 Å². The summed E-state index contributed by atoms with van der Waals surface area (Å²) in [5.74, 6) is -0.654. The molecule has 1 amide bonds. The number of hydrogen-bond acceptors (Lipinski definition) is 3. The fourth-order valence-electron chi connectivity index (χ4n) is 2.38. The Morgan fingerprint density at radius 3 is 2.57 bits per heavy atom. The third-order valence-electron chi connectivity index (χ3n) is 3.62. The molecule has 7 heteroatoms. The molecule has 0 unspecified atom stereocenters. The third-order valence-corrected chi connectivity index (χ3v) is 3.62. The van der Waals surface area contributed by atoms with Crippen LogP contribution in [0.15, 0.2) is 48.7 Å². The van der Waals surface area contributed by atoms with Crippen molar-refractivity contribution in [2.24, 2.45) is 0 Å². The molecule has 1 fully saturated rings. The van der Waals surface area contributed by atoms with E-state index in [-0.39, 0.29) is 17.4 Å². The Morgan fingerprint density at radius 1 is 1.17 bits per heavy atom. The largest absolute Gasteiger partial charge is 0.573 e. The zero-order chi connectivity index (χ0) is 16.5. The van der Waals surface area contributed by atoms with Gasteiger partial charge in [0.05, 0.1) is 5.54 Å². The summed E-state index contributed by atoms with van der Waals surface area (Å²) in [5, 5.41) is 2.85. The highest BCUT2D eigenvalue weighted by atomic mass is 19.4. The van der Waals surface area contributed by atoms with Crippen molar-refractivity contribution in [3.05, 3.63) is 59.9 Å². The lowest BCUT2D eigenvalue weighted by molar-refractivity contribution is -0.274. The number of nitrogens with zero attached hydrogens (tertiary/aromatic N) is 1. The molecule has 1 N–H and O–H groups in total. The summed E-state index contributed by atoms with van der Waals surface area (Å²) >= 11 is 0. The normalized spacial score (nSPS) is 15.8. The average Bonchev–Trinajstić information content (AvgIpc) is 3.27. The van der Waals surface area contributed by atoms with Crippen LogP contribution in [0.5, 0.6) is 5.75 Å². The number of halogens is 3. The van der Waals surface area contributed by atoms with Gasteiger partial charge in [-0.05, 0) is 42.7 Å². The SMILES string of the molecule is O=C(NC1(c2cccc(OC(F)(F)F)c2)CC1)c1ccccn1. The van der Waals surface area contributed by atoms with Crippen LogP contribution in [0.2, 0.25) is 0 Å². The van der Waals surface area contributed by atoms with Crippen molar-refractivity contribution in [3.8, 4) is 5.75 Å². The van der Waals surface area contributed by atoms with E-state index in [0.29, 0.717) is 18.4 Å². The molecule has 1 aliphatic carbocycles. The Labute approximate surface area is 130 Å². The molecule has 3 rings (SSSR count). The first-order chi connectivity index (χ1) is 10.9. The van der Waals surface area contributed by atoms with Crippen molar-refractivity contribution in [3.63, 3.8) is 0 Å². The van der Waals surface area contributed by atoms with Gasteiger partial charge in [0.2, 0.25) is 0 Å². The molecule has 0 atom stereocenters. The van der Waals surface area contributed by atoms with Crippen LogP contribution in [0.3, 0.4) is 0 Å². The minimum Gasteiger partial charge on any atom is -0.406 e. The Balaban J connectivity index is 1.78. The van der Waals surface area contributed by atoms with Gasteiger partial charge in [-0.15, -0.1) is 13.2 Å². The maximum absolute atomic E-state index is 12.3. The fourth-order valence-corrected chi connectivity index (χ4v) is 2.38. The number of aromatic nitrogens is 1. The van der Waals surface area contributed by atoms with Crippen LogP contribution < -0.4 is 10.1 Å². The lowest BCUT2D eigenvalue weighted by Gasteiger charge is -2.19. The molecular weight excluding hydrogens is 309 g/mol. The molecule has 2 aromatic rings. The van der Waals surface area contributed by atoms with Gasteiger partial charge in [0.25, 0.3) is 5.91 Å². The Kier molecular flexibility index (Phi) is 3.71. The minimum atomic E-state index is -4.74. The van der Waals surface area contributed by atoms with E-state index in [1.165, 1.54) is 24.4 Å². The number of rotatable bonds is 4. The number of benzene rings is 1. The van der Waals surface area contributed by atoms with E-state index in [1.54, 1.807) is 24.3 Å². The number of alkyl halides is 3. The number of hydrogen-bond donors (Lipinski definition) is 1. The van der Waals surface area contributed by atoms with Crippen molar-refractivity contribution in [1.82, 2.24) is 10.3 Å². The van der Waals surface area contributed by atoms with E-state index in [9.17, 15) is 18.0 Å². The summed E-state index contributed by atoms with van der Waals surface area (Å²) in [7, 11) is 0. The van der Waals surface area contributed by atoms with Crippen LogP contribution >= 0.6 is 0 Å². The van der Waals surface area contributed by atoms with Crippen LogP contribution in [-0.2, 0) is 5.54 Å². The van der Waals surface area contributed by atoms with Crippen LogP contribution in [0.4, 0.5) is 13.2 Å². The predicted molar refractivity (Wildman–Crippen MR) is 75.7 cm³/mol. The van der Waals surface area contributed by atoms with E-state index in [2.05, 4.69) is 15.0 Å². The Morgan fingerprint density at radius 2 is 1.96 bits per heavy atom. The molecule has 0 aliphatic heterocycles. The van der Waals surface area contributed by atoms with Gasteiger partial charge in [0, 0.05) is 6.20 Å². The van der Waals surface area contributed by atoms with Crippen molar-refractivity contribution in [2.45, 2.75) is 24.7 Å². The van der Waals surface area contributed by atoms with Crippen molar-refractivity contribution in [1.29, 1.82) is 0 Å². The molecule has 0 radical (unpaired) electrons. The van der Waals surface area contributed by atoms with E-state index in [1.807, 2.05) is 0 Å². The Hall–Kier alpha value is -2.57. The fraction of sp³-hybridized carbons (Fsp3) is 0.250. The van der Waals surface area contributed by atoms with Gasteiger partial charge in [0.15, 0.2) is 0 Å². The van der Waals surface area contributed by atoms with E-state index >= 15 is 0 Å². The molecule has 0 spiro atoms. The third kappa shape index (κ3) is 3.61. The van der Waals surface area contributed by atoms with E-state index < -0.39 is 11.9 Å². The van der Waals surface area contributed by atoms with Gasteiger partial charge in [-0.2, -0.15) is 0 Å². The summed E-state index contributed by atoms with van der Waals surface area (Å²) in [6.07, 6.45) is -1.93. The molecular formula is C16H13F3N2O2. The van der Waals surface area contributed by atoms with Crippen LogP contribution in [0.25, 0.3) is 0 Å². The summed E-state index contributed by atoms with van der Waals surface area (Å²) < 4.78 is 40.9. The first kappa shape index (κ1) is 15.3. The lowest BCUT2D eigenvalue weighted by Crippen LogP contribution is -2.35. The van der Waals surface area contributed by atoms with Crippen LogP contribution in [-0.4, -0.2) is 17.3 Å². The van der Waals surface area contributed by atoms with Crippen LogP contribution in [0, 0.1) is 0 Å². The minimum absolute atomic E-state index is 0.265. The first-order valence-corrected chi connectivity index (χ1v) is 6.98. The molecule has 1 aromatic heterocycles. The molecule has 1 heterocycles. The molecule has 1 aliphatic rings. The number of amides is 1. The second-order valence-electron chi connectivity index (χ2n) is 5.33. The van der Waals surface area contributed by atoms with Gasteiger partial charge in [-0.3, -0.25) is 9.78 Å². The summed E-state index contributed by atoms with van der Waals surface area (Å²) in [6.45, 7) is 0. The van der Waals surface area contributed by atoms with Crippen LogP contribution in [0.1, 0.15) is 28.9 Å². The first-order valence-electron chi connectivity index (χ1n) is 6.98. The van der Waals surface area contributed by atoms with Gasteiger partial charge in [0.1, 0.15) is 11.4 Å². The molecule has 1 saturated carbocycles. The van der Waals surface area contributed by atoms with Crippen molar-refractivity contribution >= 4 is 5.91 Å². The Bertz CT molecular complexity index is 713. The molecule has 0 bridgehead atoms. The van der Waals surface area contributed by atoms with Gasteiger partial charge in [-0.25, -0.2) is 0 Å². The summed E-state index contributed by atoms with van der Waals surface area (Å²) in [4.78, 5) is 16.2. The second-order valence-corrected chi connectivity index (χ2v) is 5.33. The number of nitrogens with one attached hydrogen (secondary N) is 1. The standard InChI is InChI=1S/C16H13F3N2O2/c17-16(18,19)23-12-5-3-4-11(10-12)15(7-8-15)21-14(22)13-6-1-2-9-20-13/h1-6,9-10H,7-8H2,(H,21,22). The smallest absolute Gasteiger partial charge is 0.406 e. The monoisotopic (exact) mass is 322 g/mol. The highest BCUT2D eigenvalue weighted by Crippen LogP contribution is 2.46. The lowest BCUT2D eigenvalue weighted by atomic mass is 10.0. The topological polar surface area (TPSA) is 51.2 Å². The molecule has 120 valence electrons. The summed E-state index contributed by atoms with van der Waals surface area (Å²) in [6, 6.07) is 10.7. The number of carbonyl (C=O) groups is 1. The maximum atomic E-state index is 12.3. The molecule has 23 heavy (non-hydrogen) atoms. The zero-order valence-corrected chi connectivity index (χ0v) is 11.9. The van der Waals surface area contributed by atoms with Crippen molar-refractivity contribution < 1.29 is 22.7 Å². The van der Waals surface area contributed by atoms with Crippen molar-refractivity contribution in [2.75, 3.05) is 0 Å². The highest BCUT2D eigenvalue weighted by molar-refractivity contribution is 5.93. The van der Waals surface area contributed by atoms with Gasteiger partial charge < -0.3 is 10.1 Å². The molecule has 1 aromatic carbocycles. The summed E-state index contributed by atoms with van der Waals surface area (Å²) in [5.41, 5.74) is 0.199. The van der Waals surface area contributed by atoms with E-state index in [0.717, 1.165) is 0 Å². The number of pyridine rings is 1. The number of ether oxygens (including phenoxy) is 1. The maximum Gasteiger partial charge on any atom is 0.573 e. The average molecular weight is 322 g/mol. The number of carbonyl (C=O) groups excluding carboxylic acids is 1. The second kappa shape index (κ2) is 5.57. The quantitative estimate of drug-likeness (QED) is 0.938. The molecule has 0 saturated heterocycles. The van der Waals surface area contributed by atoms with Gasteiger partial charge >= 0.3 is 6.36 Å². The zero-order valence-electron chi connectivity index (χ0n) is 11.9.